The topological polar surface area (TPSA) is 77.5 Å². The highest BCUT2D eigenvalue weighted by Gasteiger charge is 2.35. The summed E-state index contributed by atoms with van der Waals surface area (Å²) >= 11 is 0. The van der Waals surface area contributed by atoms with Gasteiger partial charge in [0, 0.05) is 5.92 Å². The highest BCUT2D eigenvalue weighted by molar-refractivity contribution is 5.63. The summed E-state index contributed by atoms with van der Waals surface area (Å²) in [6.07, 6.45) is 4.84. The molecule has 0 bridgehead atoms. The van der Waals surface area contributed by atoms with Gasteiger partial charge in [-0.2, -0.15) is 5.26 Å². The fourth-order valence-corrected chi connectivity index (χ4v) is 4.17. The van der Waals surface area contributed by atoms with Gasteiger partial charge in [0.2, 0.25) is 5.88 Å². The molecular formula is C25H24N2O3. The maximum absolute atomic E-state index is 9.82. The van der Waals surface area contributed by atoms with Crippen molar-refractivity contribution in [2.75, 3.05) is 14.2 Å². The zero-order chi connectivity index (χ0) is 21.1. The molecule has 0 radical (unpaired) electrons. The molecule has 2 aliphatic rings. The number of nitrogens with two attached hydrogens (primary N) is 1. The highest BCUT2D eigenvalue weighted by atomic mass is 16.5. The van der Waals surface area contributed by atoms with Crippen molar-refractivity contribution in [2.24, 2.45) is 5.73 Å². The third-order valence-electron chi connectivity index (χ3n) is 5.57. The summed E-state index contributed by atoms with van der Waals surface area (Å²) in [5.41, 5.74) is 10.9. The molecule has 1 aliphatic heterocycles. The Morgan fingerprint density at radius 1 is 1.07 bits per heavy atom. The average molecular weight is 400 g/mol. The minimum Gasteiger partial charge on any atom is -0.497 e. The normalized spacial score (nSPS) is 19.8. The predicted octanol–water partition coefficient (Wildman–Crippen LogP) is 5.03. The van der Waals surface area contributed by atoms with Gasteiger partial charge < -0.3 is 19.9 Å². The zero-order valence-corrected chi connectivity index (χ0v) is 17.1. The summed E-state index contributed by atoms with van der Waals surface area (Å²) in [5.74, 6) is 2.28. The number of hydrogen-bond donors (Lipinski definition) is 1. The van der Waals surface area contributed by atoms with Crippen LogP contribution in [0.25, 0.3) is 6.08 Å². The van der Waals surface area contributed by atoms with E-state index in [0.29, 0.717) is 5.57 Å². The molecule has 1 heterocycles. The van der Waals surface area contributed by atoms with Gasteiger partial charge in [-0.05, 0) is 71.9 Å². The second kappa shape index (κ2) is 8.38. The number of nitrogens with zero attached hydrogens (tertiary/aromatic N) is 1. The van der Waals surface area contributed by atoms with E-state index in [2.05, 4.69) is 12.1 Å². The lowest BCUT2D eigenvalue weighted by Crippen LogP contribution is -2.23. The molecule has 2 aromatic carbocycles. The molecule has 0 saturated heterocycles. The number of allylic oxidation sites excluding steroid dienone is 3. The maximum atomic E-state index is 9.82. The van der Waals surface area contributed by atoms with Crippen LogP contribution in [0.4, 0.5) is 0 Å². The SMILES string of the molecule is COc1cccc(/C=C2\CCCC3=C2OC(N)=C(C#N)C3c2cccc(OC)c2)c1. The molecule has 0 aromatic heterocycles. The molecular weight excluding hydrogens is 376 g/mol. The predicted molar refractivity (Wildman–Crippen MR) is 115 cm³/mol. The Morgan fingerprint density at radius 2 is 1.80 bits per heavy atom. The first-order valence-corrected chi connectivity index (χ1v) is 9.94. The van der Waals surface area contributed by atoms with Crippen LogP contribution >= 0.6 is 0 Å². The number of nitriles is 1. The van der Waals surface area contributed by atoms with Crippen molar-refractivity contribution < 1.29 is 14.2 Å². The molecule has 5 nitrogen and oxygen atoms in total. The fraction of sp³-hybridized carbons (Fsp3) is 0.240. The van der Waals surface area contributed by atoms with Gasteiger partial charge >= 0.3 is 0 Å². The molecule has 2 N–H and O–H groups in total. The number of rotatable bonds is 4. The lowest BCUT2D eigenvalue weighted by molar-refractivity contribution is 0.277. The molecule has 5 heteroatoms. The molecule has 0 saturated carbocycles. The maximum Gasteiger partial charge on any atom is 0.205 e. The van der Waals surface area contributed by atoms with Crippen molar-refractivity contribution in [2.45, 2.75) is 25.2 Å². The summed E-state index contributed by atoms with van der Waals surface area (Å²) in [4.78, 5) is 0. The van der Waals surface area contributed by atoms with Crippen LogP contribution in [0.3, 0.4) is 0 Å². The first-order valence-electron chi connectivity index (χ1n) is 9.94. The van der Waals surface area contributed by atoms with E-state index in [1.165, 1.54) is 0 Å². The van der Waals surface area contributed by atoms with Gasteiger partial charge in [0.15, 0.2) is 0 Å². The van der Waals surface area contributed by atoms with Gasteiger partial charge in [-0.15, -0.1) is 0 Å². The van der Waals surface area contributed by atoms with Crippen LogP contribution in [0.15, 0.2) is 76.9 Å². The molecule has 0 fully saturated rings. The second-order valence-electron chi connectivity index (χ2n) is 7.36. The molecule has 1 aliphatic carbocycles. The Kier molecular flexibility index (Phi) is 5.49. The first kappa shape index (κ1) is 19.7. The Hall–Kier alpha value is -3.65. The third kappa shape index (κ3) is 3.65. The van der Waals surface area contributed by atoms with Crippen LogP contribution in [0.1, 0.15) is 36.3 Å². The quantitative estimate of drug-likeness (QED) is 0.778. The first-order chi connectivity index (χ1) is 14.6. The van der Waals surface area contributed by atoms with E-state index in [0.717, 1.165) is 58.8 Å². The molecule has 30 heavy (non-hydrogen) atoms. The molecule has 4 rings (SSSR count). The summed E-state index contributed by atoms with van der Waals surface area (Å²) in [6.45, 7) is 0. The Balaban J connectivity index is 1.82. The van der Waals surface area contributed by atoms with Crippen LogP contribution in [0.2, 0.25) is 0 Å². The Labute approximate surface area is 176 Å². The van der Waals surface area contributed by atoms with Gasteiger partial charge in [0.1, 0.15) is 28.9 Å². The van der Waals surface area contributed by atoms with E-state index in [4.69, 9.17) is 19.9 Å². The van der Waals surface area contributed by atoms with Crippen LogP contribution in [0, 0.1) is 11.3 Å². The molecule has 0 spiro atoms. The van der Waals surface area contributed by atoms with Crippen molar-refractivity contribution in [1.29, 1.82) is 5.26 Å². The Morgan fingerprint density at radius 3 is 2.53 bits per heavy atom. The van der Waals surface area contributed by atoms with Gasteiger partial charge in [0.25, 0.3) is 0 Å². The smallest absolute Gasteiger partial charge is 0.205 e. The second-order valence-corrected chi connectivity index (χ2v) is 7.36. The van der Waals surface area contributed by atoms with Crippen molar-refractivity contribution in [3.63, 3.8) is 0 Å². The summed E-state index contributed by atoms with van der Waals surface area (Å²) in [7, 11) is 3.30. The number of hydrogen-bond acceptors (Lipinski definition) is 5. The molecule has 1 atom stereocenters. The zero-order valence-electron chi connectivity index (χ0n) is 17.1. The lowest BCUT2D eigenvalue weighted by atomic mass is 9.77. The summed E-state index contributed by atoms with van der Waals surface area (Å²) in [6, 6.07) is 18.0. The van der Waals surface area contributed by atoms with Crippen molar-refractivity contribution in [3.05, 3.63) is 88.0 Å². The van der Waals surface area contributed by atoms with Crippen molar-refractivity contribution in [1.82, 2.24) is 0 Å². The molecule has 152 valence electrons. The lowest BCUT2D eigenvalue weighted by Gasteiger charge is -2.33. The van der Waals surface area contributed by atoms with Crippen LogP contribution < -0.4 is 15.2 Å². The van der Waals surface area contributed by atoms with Crippen LogP contribution in [-0.4, -0.2) is 14.2 Å². The van der Waals surface area contributed by atoms with Crippen molar-refractivity contribution >= 4 is 6.08 Å². The van der Waals surface area contributed by atoms with Crippen LogP contribution in [-0.2, 0) is 4.74 Å². The Bertz CT molecular complexity index is 1110. The molecule has 1 unspecified atom stereocenters. The van der Waals surface area contributed by atoms with E-state index in [-0.39, 0.29) is 11.8 Å². The number of benzene rings is 2. The fourth-order valence-electron chi connectivity index (χ4n) is 4.17. The minimum atomic E-state index is -0.233. The van der Waals surface area contributed by atoms with Gasteiger partial charge in [0.05, 0.1) is 14.2 Å². The highest BCUT2D eigenvalue weighted by Crippen LogP contribution is 2.47. The summed E-state index contributed by atoms with van der Waals surface area (Å²) in [5, 5.41) is 9.82. The van der Waals surface area contributed by atoms with Crippen molar-refractivity contribution in [3.8, 4) is 17.6 Å². The van der Waals surface area contributed by atoms with Gasteiger partial charge in [-0.3, -0.25) is 0 Å². The average Bonchev–Trinajstić information content (AvgIpc) is 2.78. The van der Waals surface area contributed by atoms with E-state index >= 15 is 0 Å². The number of methoxy groups -OCH3 is 2. The molecule has 2 aromatic rings. The number of ether oxygens (including phenoxy) is 3. The van der Waals surface area contributed by atoms with E-state index < -0.39 is 0 Å². The third-order valence-corrected chi connectivity index (χ3v) is 5.57. The van der Waals surface area contributed by atoms with Gasteiger partial charge in [-0.25, -0.2) is 0 Å². The summed E-state index contributed by atoms with van der Waals surface area (Å²) < 4.78 is 16.8. The van der Waals surface area contributed by atoms with E-state index in [1.54, 1.807) is 14.2 Å². The standard InChI is InChI=1S/C25H24N2O3/c1-28-19-9-3-6-16(13-19)12-18-8-5-11-21-23(17-7-4-10-20(14-17)29-2)22(15-26)25(27)30-24(18)21/h3-4,6-7,9-10,12-14,23H,5,8,11,27H2,1-2H3/b18-12+. The van der Waals surface area contributed by atoms with Gasteiger partial charge in [-0.1, -0.05) is 24.3 Å². The van der Waals surface area contributed by atoms with E-state index in [9.17, 15) is 5.26 Å². The monoisotopic (exact) mass is 400 g/mol. The van der Waals surface area contributed by atoms with E-state index in [1.807, 2.05) is 48.5 Å². The van der Waals surface area contributed by atoms with Crippen LogP contribution in [0.5, 0.6) is 11.5 Å². The largest absolute Gasteiger partial charge is 0.497 e. The molecule has 0 amide bonds. The minimum absolute atomic E-state index is 0.169.